The number of rotatable bonds is 4. The van der Waals surface area contributed by atoms with Crippen LogP contribution in [0.15, 0.2) is 0 Å². The molecule has 4 nitrogen and oxygen atoms in total. The van der Waals surface area contributed by atoms with Gasteiger partial charge in [-0.1, -0.05) is 0 Å². The van der Waals surface area contributed by atoms with Gasteiger partial charge in [0.25, 0.3) is 0 Å². The van der Waals surface area contributed by atoms with Gasteiger partial charge in [-0.3, -0.25) is 0 Å². The minimum atomic E-state index is -0.117. The van der Waals surface area contributed by atoms with Crippen LogP contribution in [0.2, 0.25) is 0 Å². The normalized spacial score (nSPS) is 9.82. The van der Waals surface area contributed by atoms with Crippen molar-refractivity contribution in [2.24, 2.45) is 5.73 Å². The molecule has 0 aliphatic carbocycles. The van der Waals surface area contributed by atoms with Crippen LogP contribution < -0.4 is 16.4 Å². The van der Waals surface area contributed by atoms with Crippen LogP contribution in [0.4, 0.5) is 4.79 Å². The number of nitrogens with one attached hydrogen (secondary N) is 2. The third-order valence-electron chi connectivity index (χ3n) is 1.09. The lowest BCUT2D eigenvalue weighted by Crippen LogP contribution is -2.40. The highest BCUT2D eigenvalue weighted by Gasteiger charge is 1.99. The first-order chi connectivity index (χ1) is 5.16. The minimum absolute atomic E-state index is 0.117. The van der Waals surface area contributed by atoms with E-state index in [-0.39, 0.29) is 12.1 Å². The number of urea groups is 1. The van der Waals surface area contributed by atoms with Crippen molar-refractivity contribution in [1.29, 1.82) is 0 Å². The van der Waals surface area contributed by atoms with Gasteiger partial charge in [-0.05, 0) is 26.8 Å². The van der Waals surface area contributed by atoms with Crippen molar-refractivity contribution in [1.82, 2.24) is 10.6 Å². The summed E-state index contributed by atoms with van der Waals surface area (Å²) in [6.07, 6.45) is 0.825. The lowest BCUT2D eigenvalue weighted by Gasteiger charge is -2.08. The summed E-state index contributed by atoms with van der Waals surface area (Å²) in [6, 6.07) is 0.0707. The Morgan fingerprint density at radius 2 is 2.18 bits per heavy atom. The summed E-state index contributed by atoms with van der Waals surface area (Å²) >= 11 is 0. The van der Waals surface area contributed by atoms with Crippen molar-refractivity contribution in [3.05, 3.63) is 0 Å². The molecule has 11 heavy (non-hydrogen) atoms. The molecule has 0 saturated carbocycles. The van der Waals surface area contributed by atoms with Gasteiger partial charge in [0.2, 0.25) is 0 Å². The molecule has 0 spiro atoms. The van der Waals surface area contributed by atoms with E-state index in [0.29, 0.717) is 13.1 Å². The summed E-state index contributed by atoms with van der Waals surface area (Å²) in [6.45, 7) is 5.10. The maximum atomic E-state index is 10.9. The molecule has 0 aliphatic rings. The SMILES string of the molecule is CC(C)NC(=O)NCCCN. The topological polar surface area (TPSA) is 67.2 Å². The molecule has 2 amide bonds. The zero-order chi connectivity index (χ0) is 8.69. The van der Waals surface area contributed by atoms with Crippen molar-refractivity contribution in [3.63, 3.8) is 0 Å². The molecule has 0 unspecified atom stereocenters. The predicted octanol–water partition coefficient (Wildman–Crippen LogP) is 0.0428. The van der Waals surface area contributed by atoms with Gasteiger partial charge >= 0.3 is 6.03 Å². The third kappa shape index (κ3) is 7.12. The fourth-order valence-corrected chi connectivity index (χ4v) is 0.617. The molecule has 0 aromatic carbocycles. The average Bonchev–Trinajstić information content (AvgIpc) is 1.86. The molecular formula is C7H17N3O. The Morgan fingerprint density at radius 3 is 2.64 bits per heavy atom. The lowest BCUT2D eigenvalue weighted by atomic mass is 10.4. The molecule has 0 saturated heterocycles. The van der Waals surface area contributed by atoms with Crippen LogP contribution in [-0.4, -0.2) is 25.2 Å². The van der Waals surface area contributed by atoms with Crippen LogP contribution in [-0.2, 0) is 0 Å². The first-order valence-corrected chi connectivity index (χ1v) is 3.91. The Morgan fingerprint density at radius 1 is 1.55 bits per heavy atom. The molecule has 66 valence electrons. The molecular weight excluding hydrogens is 142 g/mol. The molecule has 4 N–H and O–H groups in total. The molecule has 0 radical (unpaired) electrons. The van der Waals surface area contributed by atoms with Crippen LogP contribution in [0.3, 0.4) is 0 Å². The van der Waals surface area contributed by atoms with E-state index in [1.54, 1.807) is 0 Å². The van der Waals surface area contributed by atoms with Gasteiger partial charge in [-0.2, -0.15) is 0 Å². The summed E-state index contributed by atoms with van der Waals surface area (Å²) in [4.78, 5) is 10.9. The molecule has 0 heterocycles. The van der Waals surface area contributed by atoms with Crippen molar-refractivity contribution in [3.8, 4) is 0 Å². The second kappa shape index (κ2) is 5.97. The second-order valence-electron chi connectivity index (χ2n) is 2.70. The standard InChI is InChI=1S/C7H17N3O/c1-6(2)10-7(11)9-5-3-4-8/h6H,3-5,8H2,1-2H3,(H2,9,10,11). The van der Waals surface area contributed by atoms with E-state index in [0.717, 1.165) is 6.42 Å². The quantitative estimate of drug-likeness (QED) is 0.507. The van der Waals surface area contributed by atoms with Crippen LogP contribution in [0.25, 0.3) is 0 Å². The number of carbonyl (C=O) groups is 1. The average molecular weight is 159 g/mol. The first-order valence-electron chi connectivity index (χ1n) is 3.91. The van der Waals surface area contributed by atoms with E-state index in [4.69, 9.17) is 5.73 Å². The Labute approximate surface area is 67.5 Å². The van der Waals surface area contributed by atoms with E-state index in [2.05, 4.69) is 10.6 Å². The smallest absolute Gasteiger partial charge is 0.314 e. The summed E-state index contributed by atoms with van der Waals surface area (Å²) in [5.41, 5.74) is 5.24. The number of carbonyl (C=O) groups excluding carboxylic acids is 1. The van der Waals surface area contributed by atoms with Crippen molar-refractivity contribution in [2.45, 2.75) is 26.3 Å². The Hall–Kier alpha value is -0.770. The Balaban J connectivity index is 3.23. The fourth-order valence-electron chi connectivity index (χ4n) is 0.617. The number of amides is 2. The van der Waals surface area contributed by atoms with Crippen LogP contribution in [0, 0.1) is 0 Å². The number of hydrogen-bond donors (Lipinski definition) is 3. The number of hydrogen-bond acceptors (Lipinski definition) is 2. The molecule has 0 fully saturated rings. The van der Waals surface area contributed by atoms with E-state index >= 15 is 0 Å². The zero-order valence-electron chi connectivity index (χ0n) is 7.18. The summed E-state index contributed by atoms with van der Waals surface area (Å²) in [5.74, 6) is 0. The molecule has 0 bridgehead atoms. The van der Waals surface area contributed by atoms with E-state index in [1.165, 1.54) is 0 Å². The lowest BCUT2D eigenvalue weighted by molar-refractivity contribution is 0.238. The van der Waals surface area contributed by atoms with Crippen molar-refractivity contribution in [2.75, 3.05) is 13.1 Å². The van der Waals surface area contributed by atoms with Crippen LogP contribution in [0.1, 0.15) is 20.3 Å². The zero-order valence-corrected chi connectivity index (χ0v) is 7.18. The van der Waals surface area contributed by atoms with Gasteiger partial charge in [0.1, 0.15) is 0 Å². The summed E-state index contributed by atoms with van der Waals surface area (Å²) < 4.78 is 0. The van der Waals surface area contributed by atoms with Gasteiger partial charge in [0.05, 0.1) is 0 Å². The van der Waals surface area contributed by atoms with Gasteiger partial charge in [0, 0.05) is 12.6 Å². The molecule has 0 aromatic heterocycles. The molecule has 4 heteroatoms. The van der Waals surface area contributed by atoms with Crippen molar-refractivity contribution >= 4 is 6.03 Å². The highest BCUT2D eigenvalue weighted by Crippen LogP contribution is 1.76. The Kier molecular flexibility index (Phi) is 5.56. The van der Waals surface area contributed by atoms with Gasteiger partial charge in [0.15, 0.2) is 0 Å². The van der Waals surface area contributed by atoms with E-state index in [1.807, 2.05) is 13.8 Å². The summed E-state index contributed by atoms with van der Waals surface area (Å²) in [5, 5.41) is 5.40. The van der Waals surface area contributed by atoms with Crippen molar-refractivity contribution < 1.29 is 4.79 Å². The predicted molar refractivity (Wildman–Crippen MR) is 45.3 cm³/mol. The van der Waals surface area contributed by atoms with Gasteiger partial charge in [-0.25, -0.2) is 4.79 Å². The van der Waals surface area contributed by atoms with Gasteiger partial charge < -0.3 is 16.4 Å². The molecule has 0 aromatic rings. The molecule has 0 atom stereocenters. The third-order valence-corrected chi connectivity index (χ3v) is 1.09. The monoisotopic (exact) mass is 159 g/mol. The highest BCUT2D eigenvalue weighted by atomic mass is 16.2. The maximum Gasteiger partial charge on any atom is 0.314 e. The van der Waals surface area contributed by atoms with Crippen LogP contribution in [0.5, 0.6) is 0 Å². The van der Waals surface area contributed by atoms with E-state index in [9.17, 15) is 4.79 Å². The number of nitrogens with two attached hydrogens (primary N) is 1. The Bertz CT molecular complexity index is 114. The van der Waals surface area contributed by atoms with Crippen LogP contribution >= 0.6 is 0 Å². The van der Waals surface area contributed by atoms with E-state index < -0.39 is 0 Å². The maximum absolute atomic E-state index is 10.9. The second-order valence-corrected chi connectivity index (χ2v) is 2.70. The largest absolute Gasteiger partial charge is 0.338 e. The fraction of sp³-hybridized carbons (Fsp3) is 0.857. The summed E-state index contributed by atoms with van der Waals surface area (Å²) in [7, 11) is 0. The minimum Gasteiger partial charge on any atom is -0.338 e. The first kappa shape index (κ1) is 10.2. The highest BCUT2D eigenvalue weighted by molar-refractivity contribution is 5.73. The van der Waals surface area contributed by atoms with Gasteiger partial charge in [-0.15, -0.1) is 0 Å². The molecule has 0 aliphatic heterocycles. The molecule has 0 rings (SSSR count).